The third kappa shape index (κ3) is 14.8. The molecule has 16 N–H and O–H groups in total. The van der Waals surface area contributed by atoms with Gasteiger partial charge in [0.1, 0.15) is 30.2 Å². The second-order valence-electron chi connectivity index (χ2n) is 17.6. The molecule has 13 atom stereocenters. The van der Waals surface area contributed by atoms with Crippen molar-refractivity contribution >= 4 is 51.7 Å². The number of rotatable bonds is 13. The molecule has 1 aromatic carbocycles. The van der Waals surface area contributed by atoms with Crippen molar-refractivity contribution in [3.8, 4) is 11.5 Å². The highest BCUT2D eigenvalue weighted by atomic mass is 32.3. The van der Waals surface area contributed by atoms with Gasteiger partial charge in [-0.15, -0.1) is 0 Å². The van der Waals surface area contributed by atoms with Crippen LogP contribution in [0.1, 0.15) is 52.5 Å². The quantitative estimate of drug-likeness (QED) is 0.0645. The smallest absolute Gasteiger partial charge is 0.446 e. The molecule has 7 amide bonds. The molecule has 0 saturated carbocycles. The van der Waals surface area contributed by atoms with Gasteiger partial charge in [0.25, 0.3) is 0 Å². The van der Waals surface area contributed by atoms with E-state index < -0.39 is 181 Å². The molecule has 1 aromatic rings. The molecular weight excluding hydrogens is 927 g/mol. The molecule has 27 nitrogen and oxygen atoms in total. The first-order chi connectivity index (χ1) is 31.7. The number of carbonyl (C=O) groups is 7. The third-order valence-electron chi connectivity index (χ3n) is 11.5. The van der Waals surface area contributed by atoms with Gasteiger partial charge in [0, 0.05) is 57.5 Å². The van der Waals surface area contributed by atoms with Gasteiger partial charge in [-0.2, -0.15) is 8.42 Å². The van der Waals surface area contributed by atoms with E-state index >= 15 is 0 Å². The van der Waals surface area contributed by atoms with Crippen LogP contribution >= 0.6 is 0 Å². The van der Waals surface area contributed by atoms with Gasteiger partial charge in [-0.05, 0) is 31.0 Å². The number of hydrogen-bond donors (Lipinski definition) is 15. The third-order valence-corrected chi connectivity index (χ3v) is 11.9. The lowest BCUT2D eigenvalue weighted by Gasteiger charge is -2.34. The first-order valence-electron chi connectivity index (χ1n) is 21.8. The number of aliphatic hydroxyl groups is 6. The fourth-order valence-corrected chi connectivity index (χ4v) is 8.35. The Hall–Kier alpha value is -5.30. The predicted octanol–water partition coefficient (Wildman–Crippen LogP) is -7.44. The summed E-state index contributed by atoms with van der Waals surface area (Å²) in [4.78, 5) is 99.0. The number of aromatic hydroxyl groups is 1. The Morgan fingerprint density at radius 3 is 2.10 bits per heavy atom. The highest BCUT2D eigenvalue weighted by molar-refractivity contribution is 7.81. The number of nitrogens with zero attached hydrogens (tertiary/aromatic N) is 2. The maximum atomic E-state index is 14.6. The van der Waals surface area contributed by atoms with Crippen molar-refractivity contribution in [2.75, 3.05) is 32.7 Å². The van der Waals surface area contributed by atoms with Gasteiger partial charge in [0.2, 0.25) is 41.4 Å². The summed E-state index contributed by atoms with van der Waals surface area (Å²) in [6, 6.07) is -8.29. The molecule has 3 heterocycles. The summed E-state index contributed by atoms with van der Waals surface area (Å²) in [5, 5.41) is 91.5. The second-order valence-corrected chi connectivity index (χ2v) is 18.6. The van der Waals surface area contributed by atoms with Gasteiger partial charge in [0.05, 0.1) is 49.1 Å². The highest BCUT2D eigenvalue weighted by Gasteiger charge is 2.50. The lowest BCUT2D eigenvalue weighted by Crippen LogP contribution is -2.64. The van der Waals surface area contributed by atoms with Crippen molar-refractivity contribution in [2.45, 2.75) is 132 Å². The maximum Gasteiger partial charge on any atom is 0.446 e. The van der Waals surface area contributed by atoms with Gasteiger partial charge in [0.15, 0.2) is 11.5 Å². The minimum Gasteiger partial charge on any atom is -0.504 e. The van der Waals surface area contributed by atoms with E-state index in [2.05, 4.69) is 36.1 Å². The Morgan fingerprint density at radius 2 is 1.47 bits per heavy atom. The minimum absolute atomic E-state index is 0.0507. The molecule has 3 aliphatic rings. The van der Waals surface area contributed by atoms with Gasteiger partial charge in [-0.1, -0.05) is 26.8 Å². The molecule has 3 fully saturated rings. The van der Waals surface area contributed by atoms with Crippen LogP contribution in [0.25, 0.3) is 0 Å². The topological polar surface area (TPSA) is 429 Å². The number of phenolic OH excluding ortho intramolecular Hbond substituents is 1. The number of hydrogen-bond acceptors (Lipinski definition) is 19. The zero-order valence-electron chi connectivity index (χ0n) is 37.7. The minimum atomic E-state index is -5.20. The van der Waals surface area contributed by atoms with Crippen molar-refractivity contribution in [3.63, 3.8) is 0 Å². The molecule has 0 aromatic heterocycles. The van der Waals surface area contributed by atoms with E-state index in [4.69, 9.17) is 5.73 Å². The Morgan fingerprint density at radius 1 is 0.838 bits per heavy atom. The van der Waals surface area contributed by atoms with Crippen molar-refractivity contribution < 1.29 is 86.5 Å². The number of β-amino-alcohol motifs (C(OH)–C–C–N with tert-alkyl or cyclic N) is 1. The number of benzene rings is 1. The molecule has 0 aliphatic carbocycles. The summed E-state index contributed by atoms with van der Waals surface area (Å²) in [5.74, 6) is -10.4. The molecule has 28 heteroatoms. The van der Waals surface area contributed by atoms with Crippen molar-refractivity contribution in [3.05, 3.63) is 23.8 Å². The van der Waals surface area contributed by atoms with E-state index in [1.54, 1.807) is 0 Å². The van der Waals surface area contributed by atoms with E-state index in [1.807, 2.05) is 13.8 Å². The van der Waals surface area contributed by atoms with Gasteiger partial charge < -0.3 is 87.4 Å². The number of phenols is 1. The monoisotopic (exact) mass is 989 g/mol. The van der Waals surface area contributed by atoms with E-state index in [0.29, 0.717) is 6.54 Å². The van der Waals surface area contributed by atoms with E-state index in [-0.39, 0.29) is 24.7 Å². The summed E-state index contributed by atoms with van der Waals surface area (Å²) >= 11 is 0. The lowest BCUT2D eigenvalue weighted by atomic mass is 9.98. The van der Waals surface area contributed by atoms with Crippen molar-refractivity contribution in [2.24, 2.45) is 11.7 Å². The Labute approximate surface area is 391 Å². The van der Waals surface area contributed by atoms with Crippen molar-refractivity contribution in [1.29, 1.82) is 0 Å². The van der Waals surface area contributed by atoms with Crippen LogP contribution in [0.15, 0.2) is 18.2 Å². The summed E-state index contributed by atoms with van der Waals surface area (Å²) in [6.07, 6.45) is -13.0. The molecule has 0 spiro atoms. The molecule has 3 saturated heterocycles. The second kappa shape index (κ2) is 23.8. The summed E-state index contributed by atoms with van der Waals surface area (Å²) in [7, 11) is -5.20. The number of fused-ring (bicyclic) bond motifs is 2. The molecule has 1 unspecified atom stereocenters. The summed E-state index contributed by atoms with van der Waals surface area (Å²) < 4.78 is 36.5. The normalized spacial score (nSPS) is 29.7. The Kier molecular flexibility index (Phi) is 19.4. The average Bonchev–Trinajstić information content (AvgIpc) is 3.79. The van der Waals surface area contributed by atoms with E-state index in [1.165, 1.54) is 6.92 Å². The molecule has 3 aliphatic heterocycles. The van der Waals surface area contributed by atoms with Crippen LogP contribution in [0.3, 0.4) is 0 Å². The first kappa shape index (κ1) is 55.3. The van der Waals surface area contributed by atoms with Crippen molar-refractivity contribution in [1.82, 2.24) is 41.7 Å². The lowest BCUT2D eigenvalue weighted by molar-refractivity contribution is -0.147. The highest BCUT2D eigenvalue weighted by Crippen LogP contribution is 2.30. The molecule has 0 radical (unpaired) electrons. The van der Waals surface area contributed by atoms with Crippen LogP contribution < -0.4 is 41.8 Å². The van der Waals surface area contributed by atoms with E-state index in [0.717, 1.165) is 34.9 Å². The summed E-state index contributed by atoms with van der Waals surface area (Å²) in [5.41, 5.74) is 5.93. The predicted molar refractivity (Wildman–Crippen MR) is 233 cm³/mol. The Balaban J connectivity index is 1.83. The molecule has 68 heavy (non-hydrogen) atoms. The number of amides is 7. The standard InChI is InChI=1S/C40H63N9O18S/c1-17(2)42-7-8-43-29(56)13-27(55)32-40(63)49-15-18(3)34(57)33(49)38(61)44-14-21(51)11-23(41)35(58)45-30(19(4)50)39(62)48-16-22(52)12-24(48)36(59)46-31(37(60)47-32)26(54)9-20-5-6-25(53)28(10-20)67-68(64,65)66/h5-6,10,17-19,21-24,26-27,30-34,42,50-55,57H,7-9,11-16,41H2,1-4H3,(H,43,56)(H,44,61)(H,45,58)(H,46,59)(H,47,60)(H,64,65,66)/t18-,19+,21+,22+,23-,24-,26+,27+,30?,31-,32-,33-,34-/m0/s1. The van der Waals surface area contributed by atoms with Crippen LogP contribution in [0.2, 0.25) is 0 Å². The largest absolute Gasteiger partial charge is 0.504 e. The van der Waals surface area contributed by atoms with Crippen LogP contribution in [0, 0.1) is 5.92 Å². The van der Waals surface area contributed by atoms with Gasteiger partial charge >= 0.3 is 10.4 Å². The fourth-order valence-electron chi connectivity index (χ4n) is 7.99. The molecular formula is C40H63N9O18S. The first-order valence-corrected chi connectivity index (χ1v) is 23.2. The molecule has 4 rings (SSSR count). The zero-order valence-corrected chi connectivity index (χ0v) is 38.5. The zero-order chi connectivity index (χ0) is 50.9. The molecule has 382 valence electrons. The SMILES string of the molecule is CC(C)NCCNC(=O)C[C@@H](O)[C@@H]1NC(=O)[C@H]([C@H](O)Cc2ccc(O)c(OS(=O)(=O)O)c2)NC(=O)[C@@H]2C[C@@H](O)CN2C(=O)C([C@@H](C)O)NC(=O)[C@@H](N)C[C@@H](O)CNC(=O)[C@@H]2[C@@H](O)[C@@H](C)CN2C1=O. The number of carbonyl (C=O) groups excluding carboxylic acids is 7. The van der Waals surface area contributed by atoms with Crippen LogP contribution in [0.4, 0.5) is 0 Å². The Bertz CT molecular complexity index is 2120. The fraction of sp³-hybridized carbons (Fsp3) is 0.675. The van der Waals surface area contributed by atoms with Crippen LogP contribution in [-0.2, 0) is 50.4 Å². The maximum absolute atomic E-state index is 14.6. The van der Waals surface area contributed by atoms with Crippen LogP contribution in [0.5, 0.6) is 11.5 Å². The number of nitrogens with one attached hydrogen (secondary N) is 6. The van der Waals surface area contributed by atoms with E-state index in [9.17, 15) is 82.3 Å². The van der Waals surface area contributed by atoms with Gasteiger partial charge in [-0.25, -0.2) is 0 Å². The number of aliphatic hydroxyl groups excluding tert-OH is 6. The average molecular weight is 990 g/mol. The number of nitrogens with two attached hydrogens (primary N) is 1. The van der Waals surface area contributed by atoms with Crippen LogP contribution in [-0.4, -0.2) is 212 Å². The summed E-state index contributed by atoms with van der Waals surface area (Å²) in [6.45, 7) is 5.16. The van der Waals surface area contributed by atoms with Gasteiger partial charge in [-0.3, -0.25) is 38.1 Å². The molecule has 0 bridgehead atoms.